The molecule has 1 aliphatic rings. The summed E-state index contributed by atoms with van der Waals surface area (Å²) in [4.78, 5) is 22.9. The molecule has 108 valence electrons. The van der Waals surface area contributed by atoms with Gasteiger partial charge in [0.25, 0.3) is 5.69 Å². The lowest BCUT2D eigenvalue weighted by Crippen LogP contribution is -2.21. The summed E-state index contributed by atoms with van der Waals surface area (Å²) in [5, 5.41) is 20.0. The number of fused-ring (bicyclic) bond motifs is 1. The van der Waals surface area contributed by atoms with E-state index >= 15 is 0 Å². The summed E-state index contributed by atoms with van der Waals surface area (Å²) < 4.78 is 0. The Labute approximate surface area is 127 Å². The molecule has 5 nitrogen and oxygen atoms in total. The van der Waals surface area contributed by atoms with Gasteiger partial charge in [-0.1, -0.05) is 30.3 Å². The van der Waals surface area contributed by atoms with Crippen LogP contribution in [0.1, 0.15) is 39.4 Å². The van der Waals surface area contributed by atoms with Gasteiger partial charge >= 0.3 is 0 Å². The van der Waals surface area contributed by atoms with Gasteiger partial charge in [-0.05, 0) is 30.0 Å². The number of nitro benzene ring substituents is 1. The van der Waals surface area contributed by atoms with E-state index in [-0.39, 0.29) is 23.0 Å². The van der Waals surface area contributed by atoms with Crippen molar-refractivity contribution >= 4 is 11.5 Å². The summed E-state index contributed by atoms with van der Waals surface area (Å²) in [7, 11) is 0. The maximum absolute atomic E-state index is 12.6. The monoisotopic (exact) mass is 292 g/mol. The Bertz CT molecular complexity index is 821. The predicted octanol–water partition coefficient (Wildman–Crippen LogP) is 3.38. The smallest absolute Gasteiger partial charge is 0.287 e. The molecule has 0 saturated heterocycles. The third-order valence-electron chi connectivity index (χ3n) is 4.04. The fraction of sp³-hybridized carbons (Fsp3) is 0.176. The molecular formula is C17H12N2O3. The van der Waals surface area contributed by atoms with E-state index in [0.717, 1.165) is 12.0 Å². The number of nitrogens with zero attached hydrogens (tertiary/aromatic N) is 2. The van der Waals surface area contributed by atoms with E-state index in [2.05, 4.69) is 0 Å². The summed E-state index contributed by atoms with van der Waals surface area (Å²) in [6.45, 7) is 0. The maximum atomic E-state index is 12.6. The van der Waals surface area contributed by atoms with Gasteiger partial charge < -0.3 is 0 Å². The second-order valence-corrected chi connectivity index (χ2v) is 5.26. The van der Waals surface area contributed by atoms with Gasteiger partial charge in [-0.15, -0.1) is 0 Å². The van der Waals surface area contributed by atoms with Crippen molar-refractivity contribution in [2.45, 2.75) is 18.8 Å². The van der Waals surface area contributed by atoms with Crippen molar-refractivity contribution in [2.75, 3.05) is 0 Å². The Hall–Kier alpha value is -3.00. The van der Waals surface area contributed by atoms with Crippen molar-refractivity contribution in [3.05, 3.63) is 74.8 Å². The minimum atomic E-state index is -0.583. The lowest BCUT2D eigenvalue weighted by atomic mass is 9.79. The standard InChI is InChI=1S/C17H12N2O3/c18-10-13-9-12(6-8-16(13)19(21)22)15-7-5-11-3-1-2-4-14(11)17(15)20/h1-4,6,8-9,15H,5,7H2/t15-/m0/s1. The molecule has 0 unspecified atom stereocenters. The van der Waals surface area contributed by atoms with Gasteiger partial charge in [0, 0.05) is 17.5 Å². The number of Topliss-reactive ketones (excluding diaryl/α,β-unsaturated/α-hetero) is 1. The third-order valence-corrected chi connectivity index (χ3v) is 4.04. The normalized spacial score (nSPS) is 16.7. The lowest BCUT2D eigenvalue weighted by molar-refractivity contribution is -0.385. The molecule has 5 heteroatoms. The van der Waals surface area contributed by atoms with Crippen molar-refractivity contribution in [3.63, 3.8) is 0 Å². The number of carbonyl (C=O) groups is 1. The Kier molecular flexibility index (Phi) is 3.43. The Morgan fingerprint density at radius 1 is 1.23 bits per heavy atom. The van der Waals surface area contributed by atoms with Gasteiger partial charge in [0.2, 0.25) is 0 Å². The summed E-state index contributed by atoms with van der Waals surface area (Å²) >= 11 is 0. The van der Waals surface area contributed by atoms with E-state index in [1.807, 2.05) is 24.3 Å². The number of nitriles is 1. The van der Waals surface area contributed by atoms with Crippen LogP contribution in [0.2, 0.25) is 0 Å². The van der Waals surface area contributed by atoms with Crippen LogP contribution in [0.4, 0.5) is 5.69 Å². The highest BCUT2D eigenvalue weighted by atomic mass is 16.6. The molecule has 1 aliphatic carbocycles. The molecule has 0 saturated carbocycles. The molecule has 22 heavy (non-hydrogen) atoms. The fourth-order valence-corrected chi connectivity index (χ4v) is 2.93. The van der Waals surface area contributed by atoms with E-state index in [1.165, 1.54) is 12.1 Å². The van der Waals surface area contributed by atoms with Gasteiger partial charge in [0.1, 0.15) is 11.6 Å². The number of rotatable bonds is 2. The van der Waals surface area contributed by atoms with Crippen LogP contribution >= 0.6 is 0 Å². The maximum Gasteiger partial charge on any atom is 0.287 e. The quantitative estimate of drug-likeness (QED) is 0.627. The summed E-state index contributed by atoms with van der Waals surface area (Å²) in [6, 6.07) is 13.7. The summed E-state index contributed by atoms with van der Waals surface area (Å²) in [6.07, 6.45) is 1.43. The molecule has 0 fully saturated rings. The minimum absolute atomic E-state index is 0.00541. The Morgan fingerprint density at radius 3 is 2.73 bits per heavy atom. The van der Waals surface area contributed by atoms with E-state index in [4.69, 9.17) is 5.26 Å². The van der Waals surface area contributed by atoms with E-state index in [9.17, 15) is 14.9 Å². The van der Waals surface area contributed by atoms with Crippen LogP contribution in [-0.2, 0) is 6.42 Å². The predicted molar refractivity (Wildman–Crippen MR) is 79.6 cm³/mol. The van der Waals surface area contributed by atoms with E-state index < -0.39 is 4.92 Å². The summed E-state index contributed by atoms with van der Waals surface area (Å²) in [5.74, 6) is -0.331. The number of ketones is 1. The van der Waals surface area contributed by atoms with Gasteiger partial charge in [-0.25, -0.2) is 0 Å². The fourth-order valence-electron chi connectivity index (χ4n) is 2.93. The molecule has 0 spiro atoms. The number of carbonyl (C=O) groups excluding carboxylic acids is 1. The van der Waals surface area contributed by atoms with Crippen LogP contribution in [-0.4, -0.2) is 10.7 Å². The van der Waals surface area contributed by atoms with E-state index in [1.54, 1.807) is 12.1 Å². The zero-order chi connectivity index (χ0) is 15.7. The zero-order valence-electron chi connectivity index (χ0n) is 11.7. The van der Waals surface area contributed by atoms with Crippen molar-refractivity contribution in [1.29, 1.82) is 5.26 Å². The first-order chi connectivity index (χ1) is 10.6. The lowest BCUT2D eigenvalue weighted by Gasteiger charge is -2.23. The Balaban J connectivity index is 2.01. The van der Waals surface area contributed by atoms with E-state index in [0.29, 0.717) is 17.5 Å². The second-order valence-electron chi connectivity index (χ2n) is 5.26. The van der Waals surface area contributed by atoms with Gasteiger partial charge in [0.05, 0.1) is 4.92 Å². The van der Waals surface area contributed by atoms with Gasteiger partial charge in [-0.3, -0.25) is 14.9 Å². The highest BCUT2D eigenvalue weighted by molar-refractivity contribution is 6.03. The summed E-state index contributed by atoms with van der Waals surface area (Å²) in [5.41, 5.74) is 2.17. The Morgan fingerprint density at radius 2 is 2.00 bits per heavy atom. The van der Waals surface area contributed by atoms with Crippen LogP contribution in [0.15, 0.2) is 42.5 Å². The molecule has 0 amide bonds. The van der Waals surface area contributed by atoms with Crippen molar-refractivity contribution in [1.82, 2.24) is 0 Å². The molecule has 0 N–H and O–H groups in total. The number of aryl methyl sites for hydroxylation is 1. The highest BCUT2D eigenvalue weighted by Crippen LogP contribution is 2.34. The molecule has 0 bridgehead atoms. The molecule has 2 aromatic rings. The molecule has 1 atom stereocenters. The molecule has 3 rings (SSSR count). The largest absolute Gasteiger partial charge is 0.293 e. The molecule has 0 heterocycles. The van der Waals surface area contributed by atoms with Crippen molar-refractivity contribution < 1.29 is 9.72 Å². The van der Waals surface area contributed by atoms with Crippen molar-refractivity contribution in [2.24, 2.45) is 0 Å². The molecule has 0 aromatic heterocycles. The first-order valence-corrected chi connectivity index (χ1v) is 6.92. The van der Waals surface area contributed by atoms with Crippen LogP contribution in [0, 0.1) is 21.4 Å². The molecule has 0 aliphatic heterocycles. The average molecular weight is 292 g/mol. The minimum Gasteiger partial charge on any atom is -0.293 e. The van der Waals surface area contributed by atoms with Gasteiger partial charge in [-0.2, -0.15) is 5.26 Å². The number of hydrogen-bond donors (Lipinski definition) is 0. The molecule has 0 radical (unpaired) electrons. The van der Waals surface area contributed by atoms with Crippen LogP contribution in [0.3, 0.4) is 0 Å². The first kappa shape index (κ1) is 14.0. The molecular weight excluding hydrogens is 280 g/mol. The topological polar surface area (TPSA) is 84.0 Å². The number of benzene rings is 2. The average Bonchev–Trinajstić information content (AvgIpc) is 2.54. The SMILES string of the molecule is N#Cc1cc([C@@H]2CCc3ccccc3C2=O)ccc1[N+](=O)[O-]. The van der Waals surface area contributed by atoms with Gasteiger partial charge in [0.15, 0.2) is 5.78 Å². The van der Waals surface area contributed by atoms with Crippen molar-refractivity contribution in [3.8, 4) is 6.07 Å². The van der Waals surface area contributed by atoms with Crippen LogP contribution in [0.25, 0.3) is 0 Å². The highest BCUT2D eigenvalue weighted by Gasteiger charge is 2.29. The van der Waals surface area contributed by atoms with Crippen LogP contribution < -0.4 is 0 Å². The third kappa shape index (κ3) is 2.25. The van der Waals surface area contributed by atoms with Crippen LogP contribution in [0.5, 0.6) is 0 Å². The first-order valence-electron chi connectivity index (χ1n) is 6.92. The number of hydrogen-bond acceptors (Lipinski definition) is 4. The zero-order valence-corrected chi connectivity index (χ0v) is 11.7. The molecule has 2 aromatic carbocycles. The number of nitro groups is 1. The second kappa shape index (κ2) is 5.41.